The van der Waals surface area contributed by atoms with E-state index in [0.29, 0.717) is 26.3 Å². The Kier molecular flexibility index (Phi) is 13.0. The van der Waals surface area contributed by atoms with E-state index in [1.165, 1.54) is 0 Å². The summed E-state index contributed by atoms with van der Waals surface area (Å²) in [5.74, 6) is 0. The fourth-order valence-electron chi connectivity index (χ4n) is 1.33. The van der Waals surface area contributed by atoms with Crippen molar-refractivity contribution < 1.29 is 19.7 Å². The van der Waals surface area contributed by atoms with Crippen molar-refractivity contribution in [2.24, 2.45) is 11.5 Å². The largest absolute Gasteiger partial charge is 0.388 e. The molecule has 18 heavy (non-hydrogen) atoms. The van der Waals surface area contributed by atoms with Crippen molar-refractivity contribution in [3.8, 4) is 0 Å². The van der Waals surface area contributed by atoms with E-state index >= 15 is 0 Å². The zero-order chi connectivity index (χ0) is 13.6. The molecule has 0 saturated heterocycles. The Morgan fingerprint density at radius 2 is 1.11 bits per heavy atom. The molecule has 0 rings (SSSR count). The number of ether oxygens (including phenoxy) is 2. The third-order valence-electron chi connectivity index (χ3n) is 2.51. The van der Waals surface area contributed by atoms with E-state index in [-0.39, 0.29) is 13.2 Å². The standard InChI is InChI=1S/C12H28N2O4/c13-5-1-3-7-17-9-11(15)12(16)10-18-8-4-2-6-14/h11-12,15-16H,1-10,13-14H2. The topological polar surface area (TPSA) is 111 Å². The SMILES string of the molecule is NCCCCOCC(O)C(O)COCCCCN. The van der Waals surface area contributed by atoms with Crippen LogP contribution in [0.5, 0.6) is 0 Å². The Balaban J connectivity index is 3.36. The van der Waals surface area contributed by atoms with E-state index in [4.69, 9.17) is 20.9 Å². The van der Waals surface area contributed by atoms with Gasteiger partial charge in [-0.3, -0.25) is 0 Å². The average Bonchev–Trinajstić information content (AvgIpc) is 2.37. The van der Waals surface area contributed by atoms with Crippen molar-refractivity contribution in [2.45, 2.75) is 37.9 Å². The molecule has 0 aliphatic carbocycles. The quantitative estimate of drug-likeness (QED) is 0.325. The molecule has 0 aliphatic heterocycles. The molecule has 2 atom stereocenters. The number of rotatable bonds is 13. The molecule has 0 aromatic rings. The van der Waals surface area contributed by atoms with Crippen LogP contribution < -0.4 is 11.5 Å². The molecule has 6 nitrogen and oxygen atoms in total. The fourth-order valence-corrected chi connectivity index (χ4v) is 1.33. The van der Waals surface area contributed by atoms with Gasteiger partial charge in [0, 0.05) is 13.2 Å². The third kappa shape index (κ3) is 10.9. The highest BCUT2D eigenvalue weighted by atomic mass is 16.5. The molecule has 6 heteroatoms. The summed E-state index contributed by atoms with van der Waals surface area (Å²) < 4.78 is 10.5. The lowest BCUT2D eigenvalue weighted by molar-refractivity contribution is -0.0709. The van der Waals surface area contributed by atoms with Crippen LogP contribution in [0.2, 0.25) is 0 Å². The van der Waals surface area contributed by atoms with Gasteiger partial charge in [0.1, 0.15) is 12.2 Å². The van der Waals surface area contributed by atoms with Crippen LogP contribution in [0.3, 0.4) is 0 Å². The highest BCUT2D eigenvalue weighted by Gasteiger charge is 2.16. The molecule has 0 heterocycles. The Morgan fingerprint density at radius 1 is 0.722 bits per heavy atom. The monoisotopic (exact) mass is 264 g/mol. The minimum absolute atomic E-state index is 0.123. The second-order valence-electron chi connectivity index (χ2n) is 4.28. The van der Waals surface area contributed by atoms with E-state index < -0.39 is 12.2 Å². The van der Waals surface area contributed by atoms with Crippen molar-refractivity contribution in [1.29, 1.82) is 0 Å². The first-order valence-corrected chi connectivity index (χ1v) is 6.64. The summed E-state index contributed by atoms with van der Waals surface area (Å²) in [5, 5.41) is 19.2. The molecule has 0 aromatic carbocycles. The lowest BCUT2D eigenvalue weighted by atomic mass is 10.2. The fraction of sp³-hybridized carbons (Fsp3) is 1.00. The molecule has 110 valence electrons. The van der Waals surface area contributed by atoms with Crippen LogP contribution in [-0.2, 0) is 9.47 Å². The highest BCUT2D eigenvalue weighted by Crippen LogP contribution is 1.98. The summed E-state index contributed by atoms with van der Waals surface area (Å²) in [6, 6.07) is 0. The zero-order valence-corrected chi connectivity index (χ0v) is 11.1. The first-order chi connectivity index (χ1) is 8.72. The summed E-state index contributed by atoms with van der Waals surface area (Å²) in [4.78, 5) is 0. The van der Waals surface area contributed by atoms with Crippen molar-refractivity contribution >= 4 is 0 Å². The summed E-state index contributed by atoms with van der Waals surface area (Å²) >= 11 is 0. The molecule has 0 aliphatic rings. The average molecular weight is 264 g/mol. The highest BCUT2D eigenvalue weighted by molar-refractivity contribution is 4.65. The van der Waals surface area contributed by atoms with Gasteiger partial charge in [0.15, 0.2) is 0 Å². The van der Waals surface area contributed by atoms with Gasteiger partial charge in [0.2, 0.25) is 0 Å². The van der Waals surface area contributed by atoms with Gasteiger partial charge in [-0.2, -0.15) is 0 Å². The van der Waals surface area contributed by atoms with Crippen LogP contribution in [0, 0.1) is 0 Å². The molecule has 0 fully saturated rings. The first kappa shape index (κ1) is 17.8. The van der Waals surface area contributed by atoms with Gasteiger partial charge in [0.25, 0.3) is 0 Å². The lowest BCUT2D eigenvalue weighted by Gasteiger charge is -2.18. The van der Waals surface area contributed by atoms with Gasteiger partial charge >= 0.3 is 0 Å². The second kappa shape index (κ2) is 13.2. The molecule has 0 aromatic heterocycles. The van der Waals surface area contributed by atoms with Gasteiger partial charge in [-0.15, -0.1) is 0 Å². The minimum Gasteiger partial charge on any atom is -0.388 e. The van der Waals surface area contributed by atoms with E-state index in [1.54, 1.807) is 0 Å². The first-order valence-electron chi connectivity index (χ1n) is 6.64. The summed E-state index contributed by atoms with van der Waals surface area (Å²) in [6.45, 7) is 2.64. The molecule has 0 amide bonds. The predicted octanol–water partition coefficient (Wildman–Crippen LogP) is -0.781. The van der Waals surface area contributed by atoms with Gasteiger partial charge in [-0.25, -0.2) is 0 Å². The van der Waals surface area contributed by atoms with Crippen LogP contribution in [-0.4, -0.2) is 61.9 Å². The van der Waals surface area contributed by atoms with E-state index in [1.807, 2.05) is 0 Å². The van der Waals surface area contributed by atoms with Crippen molar-refractivity contribution in [3.63, 3.8) is 0 Å². The van der Waals surface area contributed by atoms with Crippen LogP contribution in [0.1, 0.15) is 25.7 Å². The molecule has 0 saturated carbocycles. The molecular formula is C12H28N2O4. The summed E-state index contributed by atoms with van der Waals surface area (Å²) in [5.41, 5.74) is 10.7. The maximum atomic E-state index is 9.58. The van der Waals surface area contributed by atoms with E-state index in [0.717, 1.165) is 25.7 Å². The third-order valence-corrected chi connectivity index (χ3v) is 2.51. The molecule has 2 unspecified atom stereocenters. The van der Waals surface area contributed by atoms with Gasteiger partial charge in [0.05, 0.1) is 13.2 Å². The minimum atomic E-state index is -0.905. The Morgan fingerprint density at radius 3 is 1.44 bits per heavy atom. The Hall–Kier alpha value is -0.240. The molecule has 0 spiro atoms. The number of nitrogens with two attached hydrogens (primary N) is 2. The number of aliphatic hydroxyl groups is 2. The maximum Gasteiger partial charge on any atom is 0.105 e. The smallest absolute Gasteiger partial charge is 0.105 e. The number of hydrogen-bond donors (Lipinski definition) is 4. The predicted molar refractivity (Wildman–Crippen MR) is 70.2 cm³/mol. The lowest BCUT2D eigenvalue weighted by Crippen LogP contribution is -2.34. The van der Waals surface area contributed by atoms with Gasteiger partial charge in [-0.1, -0.05) is 0 Å². The van der Waals surface area contributed by atoms with Crippen molar-refractivity contribution in [3.05, 3.63) is 0 Å². The number of unbranched alkanes of at least 4 members (excludes halogenated alkanes) is 2. The van der Waals surface area contributed by atoms with Gasteiger partial charge in [-0.05, 0) is 38.8 Å². The van der Waals surface area contributed by atoms with Crippen LogP contribution in [0.15, 0.2) is 0 Å². The van der Waals surface area contributed by atoms with Crippen molar-refractivity contribution in [1.82, 2.24) is 0 Å². The molecular weight excluding hydrogens is 236 g/mol. The van der Waals surface area contributed by atoms with E-state index in [2.05, 4.69) is 0 Å². The van der Waals surface area contributed by atoms with Crippen LogP contribution in [0.4, 0.5) is 0 Å². The Bertz CT molecular complexity index is 154. The molecule has 0 radical (unpaired) electrons. The zero-order valence-electron chi connectivity index (χ0n) is 11.1. The van der Waals surface area contributed by atoms with Crippen LogP contribution in [0.25, 0.3) is 0 Å². The number of aliphatic hydroxyl groups excluding tert-OH is 2. The number of hydrogen-bond acceptors (Lipinski definition) is 6. The molecule has 0 bridgehead atoms. The normalized spacial score (nSPS) is 14.7. The van der Waals surface area contributed by atoms with E-state index in [9.17, 15) is 10.2 Å². The summed E-state index contributed by atoms with van der Waals surface area (Å²) in [6.07, 6.45) is 1.74. The second-order valence-corrected chi connectivity index (χ2v) is 4.28. The Labute approximate surface area is 109 Å². The van der Waals surface area contributed by atoms with Crippen LogP contribution >= 0.6 is 0 Å². The summed E-state index contributed by atoms with van der Waals surface area (Å²) in [7, 11) is 0. The molecule has 6 N–H and O–H groups in total. The maximum absolute atomic E-state index is 9.58. The van der Waals surface area contributed by atoms with Gasteiger partial charge < -0.3 is 31.2 Å². The van der Waals surface area contributed by atoms with Crippen molar-refractivity contribution in [2.75, 3.05) is 39.5 Å².